The number of hydrogen-bond donors (Lipinski definition) is 1. The van der Waals surface area contributed by atoms with Crippen LogP contribution in [0.25, 0.3) is 0 Å². The highest BCUT2D eigenvalue weighted by molar-refractivity contribution is 6.31. The highest BCUT2D eigenvalue weighted by atomic mass is 35.5. The fourth-order valence-corrected chi connectivity index (χ4v) is 3.19. The van der Waals surface area contributed by atoms with Crippen molar-refractivity contribution < 1.29 is 5.11 Å². The standard InChI is InChI=1S/C15H21ClO/c1-3-12-6-4-5-9-15(12,17)13-8-7-11(2)14(16)10-13/h7-8,10,12,17H,3-6,9H2,1-2H3. The van der Waals surface area contributed by atoms with Crippen LogP contribution in [0.2, 0.25) is 5.02 Å². The van der Waals surface area contributed by atoms with Gasteiger partial charge in [-0.05, 0) is 42.9 Å². The van der Waals surface area contributed by atoms with Gasteiger partial charge in [0.05, 0.1) is 5.60 Å². The predicted octanol–water partition coefficient (Wildman–Crippen LogP) is 4.44. The lowest BCUT2D eigenvalue weighted by molar-refractivity contribution is -0.0557. The smallest absolute Gasteiger partial charge is 0.0924 e. The van der Waals surface area contributed by atoms with Gasteiger partial charge in [-0.3, -0.25) is 0 Å². The molecule has 2 rings (SSSR count). The molecule has 0 spiro atoms. The van der Waals surface area contributed by atoms with Gasteiger partial charge >= 0.3 is 0 Å². The minimum Gasteiger partial charge on any atom is -0.385 e. The first-order valence-electron chi connectivity index (χ1n) is 6.57. The molecule has 0 amide bonds. The fraction of sp³-hybridized carbons (Fsp3) is 0.600. The summed E-state index contributed by atoms with van der Waals surface area (Å²) in [5, 5.41) is 11.7. The van der Waals surface area contributed by atoms with E-state index in [1.54, 1.807) is 0 Å². The molecule has 2 atom stereocenters. The van der Waals surface area contributed by atoms with E-state index in [2.05, 4.69) is 6.92 Å². The molecule has 0 radical (unpaired) electrons. The second-order valence-electron chi connectivity index (χ2n) is 5.24. The van der Waals surface area contributed by atoms with Gasteiger partial charge in [0.25, 0.3) is 0 Å². The number of benzene rings is 1. The first-order valence-corrected chi connectivity index (χ1v) is 6.94. The van der Waals surface area contributed by atoms with Crippen molar-refractivity contribution in [3.05, 3.63) is 34.3 Å². The van der Waals surface area contributed by atoms with E-state index in [0.29, 0.717) is 5.92 Å². The van der Waals surface area contributed by atoms with Gasteiger partial charge in [-0.25, -0.2) is 0 Å². The molecule has 0 aromatic heterocycles. The Hall–Kier alpha value is -0.530. The molecule has 1 N–H and O–H groups in total. The summed E-state index contributed by atoms with van der Waals surface area (Å²) < 4.78 is 0. The molecule has 2 heteroatoms. The van der Waals surface area contributed by atoms with Crippen LogP contribution in [0.3, 0.4) is 0 Å². The zero-order chi connectivity index (χ0) is 12.5. The van der Waals surface area contributed by atoms with Crippen molar-refractivity contribution in [1.82, 2.24) is 0 Å². The van der Waals surface area contributed by atoms with E-state index in [-0.39, 0.29) is 0 Å². The summed E-state index contributed by atoms with van der Waals surface area (Å²) in [6.07, 6.45) is 5.37. The second-order valence-corrected chi connectivity index (χ2v) is 5.65. The molecule has 0 heterocycles. The van der Waals surface area contributed by atoms with E-state index in [1.807, 2.05) is 25.1 Å². The molecule has 94 valence electrons. The number of halogens is 1. The Morgan fingerprint density at radius 1 is 1.41 bits per heavy atom. The van der Waals surface area contributed by atoms with Crippen LogP contribution in [0.4, 0.5) is 0 Å². The Morgan fingerprint density at radius 2 is 2.18 bits per heavy atom. The lowest BCUT2D eigenvalue weighted by Gasteiger charge is -2.40. The van der Waals surface area contributed by atoms with Crippen molar-refractivity contribution in [1.29, 1.82) is 0 Å². The van der Waals surface area contributed by atoms with Crippen LogP contribution in [0.1, 0.15) is 50.2 Å². The van der Waals surface area contributed by atoms with E-state index < -0.39 is 5.60 Å². The summed E-state index contributed by atoms with van der Waals surface area (Å²) in [6.45, 7) is 4.16. The van der Waals surface area contributed by atoms with E-state index in [9.17, 15) is 5.11 Å². The maximum Gasteiger partial charge on any atom is 0.0924 e. The average Bonchev–Trinajstić information content (AvgIpc) is 2.33. The monoisotopic (exact) mass is 252 g/mol. The second kappa shape index (κ2) is 4.99. The molecule has 1 aromatic carbocycles. The normalized spacial score (nSPS) is 29.3. The third-order valence-electron chi connectivity index (χ3n) is 4.20. The summed E-state index contributed by atoms with van der Waals surface area (Å²) in [4.78, 5) is 0. The van der Waals surface area contributed by atoms with Crippen LogP contribution in [0, 0.1) is 12.8 Å². The van der Waals surface area contributed by atoms with Crippen LogP contribution in [-0.4, -0.2) is 5.11 Å². The highest BCUT2D eigenvalue weighted by Gasteiger charge is 2.39. The minimum atomic E-state index is -0.662. The van der Waals surface area contributed by atoms with Gasteiger partial charge < -0.3 is 5.11 Å². The quantitative estimate of drug-likeness (QED) is 0.825. The third kappa shape index (κ3) is 2.36. The zero-order valence-corrected chi connectivity index (χ0v) is 11.4. The maximum absolute atomic E-state index is 11.0. The molecule has 0 bridgehead atoms. The largest absolute Gasteiger partial charge is 0.385 e. The molecular weight excluding hydrogens is 232 g/mol. The molecule has 2 unspecified atom stereocenters. The van der Waals surface area contributed by atoms with Gasteiger partial charge in [-0.2, -0.15) is 0 Å². The third-order valence-corrected chi connectivity index (χ3v) is 4.61. The van der Waals surface area contributed by atoms with E-state index in [0.717, 1.165) is 41.8 Å². The van der Waals surface area contributed by atoms with Gasteiger partial charge in [-0.15, -0.1) is 0 Å². The predicted molar refractivity (Wildman–Crippen MR) is 72.3 cm³/mol. The summed E-state index contributed by atoms with van der Waals surface area (Å²) >= 11 is 6.17. The van der Waals surface area contributed by atoms with Crippen LogP contribution in [-0.2, 0) is 5.60 Å². The van der Waals surface area contributed by atoms with Gasteiger partial charge in [0.15, 0.2) is 0 Å². The number of aliphatic hydroxyl groups is 1. The Labute approximate surface area is 109 Å². The lowest BCUT2D eigenvalue weighted by atomic mass is 9.70. The minimum absolute atomic E-state index is 0.370. The zero-order valence-electron chi connectivity index (χ0n) is 10.7. The fourth-order valence-electron chi connectivity index (χ4n) is 3.01. The Kier molecular flexibility index (Phi) is 3.79. The van der Waals surface area contributed by atoms with Crippen LogP contribution in [0.5, 0.6) is 0 Å². The van der Waals surface area contributed by atoms with Gasteiger partial charge in [0.2, 0.25) is 0 Å². The SMILES string of the molecule is CCC1CCCCC1(O)c1ccc(C)c(Cl)c1. The number of rotatable bonds is 2. The lowest BCUT2D eigenvalue weighted by Crippen LogP contribution is -2.37. The maximum atomic E-state index is 11.0. The molecule has 1 fully saturated rings. The van der Waals surface area contributed by atoms with Crippen molar-refractivity contribution in [2.45, 2.75) is 51.6 Å². The molecule has 0 saturated heterocycles. The van der Waals surface area contributed by atoms with Crippen LogP contribution < -0.4 is 0 Å². The Morgan fingerprint density at radius 3 is 2.82 bits per heavy atom. The molecule has 17 heavy (non-hydrogen) atoms. The first-order chi connectivity index (χ1) is 8.08. The van der Waals surface area contributed by atoms with Crippen LogP contribution >= 0.6 is 11.6 Å². The Bertz CT molecular complexity index is 402. The first kappa shape index (κ1) is 12.9. The molecule has 1 aliphatic carbocycles. The van der Waals surface area contributed by atoms with Crippen molar-refractivity contribution in [2.24, 2.45) is 5.92 Å². The molecule has 1 saturated carbocycles. The van der Waals surface area contributed by atoms with E-state index in [4.69, 9.17) is 11.6 Å². The molecule has 1 aromatic rings. The molecule has 1 aliphatic rings. The summed E-state index contributed by atoms with van der Waals surface area (Å²) in [6, 6.07) is 6.00. The summed E-state index contributed by atoms with van der Waals surface area (Å²) in [5.41, 5.74) is 1.41. The van der Waals surface area contributed by atoms with Crippen molar-refractivity contribution in [3.63, 3.8) is 0 Å². The number of aryl methyl sites for hydroxylation is 1. The summed E-state index contributed by atoms with van der Waals surface area (Å²) in [7, 11) is 0. The van der Waals surface area contributed by atoms with E-state index >= 15 is 0 Å². The molecular formula is C15H21ClO. The van der Waals surface area contributed by atoms with Crippen molar-refractivity contribution in [3.8, 4) is 0 Å². The Balaban J connectivity index is 2.37. The van der Waals surface area contributed by atoms with Gasteiger partial charge in [0, 0.05) is 5.02 Å². The molecule has 1 nitrogen and oxygen atoms in total. The summed E-state index contributed by atoms with van der Waals surface area (Å²) in [5.74, 6) is 0.370. The topological polar surface area (TPSA) is 20.2 Å². The van der Waals surface area contributed by atoms with Crippen LogP contribution in [0.15, 0.2) is 18.2 Å². The highest BCUT2D eigenvalue weighted by Crippen LogP contribution is 2.43. The van der Waals surface area contributed by atoms with Gasteiger partial charge in [0.1, 0.15) is 0 Å². The molecule has 0 aliphatic heterocycles. The van der Waals surface area contributed by atoms with Crippen molar-refractivity contribution in [2.75, 3.05) is 0 Å². The van der Waals surface area contributed by atoms with E-state index in [1.165, 1.54) is 6.42 Å². The van der Waals surface area contributed by atoms with Gasteiger partial charge in [-0.1, -0.05) is 49.9 Å². The number of hydrogen-bond acceptors (Lipinski definition) is 1. The average molecular weight is 253 g/mol. The van der Waals surface area contributed by atoms with Crippen molar-refractivity contribution >= 4 is 11.6 Å².